The fourth-order valence-corrected chi connectivity index (χ4v) is 10.4. The molecule has 0 saturated carbocycles. The highest BCUT2D eigenvalue weighted by Gasteiger charge is 2.27. The molecule has 75 heavy (non-hydrogen) atoms. The standard InChI is InChI=1S/C66H127N2O6P/c1-6-8-10-12-14-16-18-20-22-24-26-27-28-29-30-31-32-33-34-35-36-37-38-39-40-41-42-44-46-48-50-52-54-56-58-60-66(70)67-64(63-74-75(71,72)73-62-61-68(3,4)5)65(69)59-57-55-53-51-49-47-45-43-25-23-21-19-17-15-13-11-9-7-2/h24-26,43,49,51,57,59,64-65,69H,6-23,27-42,44-48,50,52-56,58,60-63H2,1-5H3,(H-,67,70,71,72)/p+1/b26-24-,43-25+,51-49+,59-57+. The molecule has 0 rings (SSSR count). The summed E-state index contributed by atoms with van der Waals surface area (Å²) in [6.07, 6.45) is 76.8. The molecule has 0 aromatic carbocycles. The van der Waals surface area contributed by atoms with Gasteiger partial charge in [0.2, 0.25) is 5.91 Å². The zero-order valence-corrected chi connectivity index (χ0v) is 51.4. The zero-order chi connectivity index (χ0) is 54.9. The number of likely N-dealkylation sites (N-methyl/N-ethyl adjacent to an activating group) is 1. The van der Waals surface area contributed by atoms with Crippen molar-refractivity contribution in [3.05, 3.63) is 48.6 Å². The number of phosphoric ester groups is 1. The molecule has 0 bridgehead atoms. The smallest absolute Gasteiger partial charge is 0.387 e. The summed E-state index contributed by atoms with van der Waals surface area (Å²) < 4.78 is 23.7. The molecule has 8 nitrogen and oxygen atoms in total. The van der Waals surface area contributed by atoms with Crippen molar-refractivity contribution < 1.29 is 32.9 Å². The number of nitrogens with one attached hydrogen (secondary N) is 1. The fraction of sp³-hybridized carbons (Fsp3) is 0.864. The Hall–Kier alpha value is -1.54. The van der Waals surface area contributed by atoms with Crippen molar-refractivity contribution in [3.63, 3.8) is 0 Å². The first-order chi connectivity index (χ1) is 36.5. The molecule has 0 aliphatic rings. The Labute approximate surface area is 467 Å². The van der Waals surface area contributed by atoms with Crippen LogP contribution in [0.1, 0.15) is 316 Å². The van der Waals surface area contributed by atoms with Gasteiger partial charge in [0.05, 0.1) is 39.9 Å². The van der Waals surface area contributed by atoms with Crippen molar-refractivity contribution in [1.82, 2.24) is 5.32 Å². The maximum atomic E-state index is 13.0. The van der Waals surface area contributed by atoms with Crippen LogP contribution in [0.25, 0.3) is 0 Å². The molecule has 1 amide bonds. The molecule has 0 radical (unpaired) electrons. The van der Waals surface area contributed by atoms with Gasteiger partial charge in [-0.3, -0.25) is 13.8 Å². The molecule has 0 fully saturated rings. The number of carbonyl (C=O) groups excluding carboxylic acids is 1. The van der Waals surface area contributed by atoms with Crippen molar-refractivity contribution in [2.75, 3.05) is 40.9 Å². The van der Waals surface area contributed by atoms with E-state index >= 15 is 0 Å². The number of amides is 1. The van der Waals surface area contributed by atoms with Crippen LogP contribution in [-0.4, -0.2) is 73.4 Å². The average Bonchev–Trinajstić information content (AvgIpc) is 3.37. The summed E-state index contributed by atoms with van der Waals surface area (Å²) in [6, 6.07) is -0.869. The fourth-order valence-electron chi connectivity index (χ4n) is 9.66. The number of rotatable bonds is 60. The van der Waals surface area contributed by atoms with E-state index in [2.05, 4.69) is 55.6 Å². The third kappa shape index (κ3) is 60.0. The largest absolute Gasteiger partial charge is 0.472 e. The Bertz CT molecular complexity index is 1360. The van der Waals surface area contributed by atoms with Crippen LogP contribution in [0.2, 0.25) is 0 Å². The summed E-state index contributed by atoms with van der Waals surface area (Å²) in [6.45, 7) is 4.81. The average molecular weight is 1080 g/mol. The summed E-state index contributed by atoms with van der Waals surface area (Å²) in [4.78, 5) is 23.3. The third-order valence-electron chi connectivity index (χ3n) is 14.7. The van der Waals surface area contributed by atoms with E-state index in [0.29, 0.717) is 17.4 Å². The van der Waals surface area contributed by atoms with Crippen molar-refractivity contribution in [2.24, 2.45) is 0 Å². The predicted octanol–water partition coefficient (Wildman–Crippen LogP) is 20.3. The Morgan fingerprint density at radius 3 is 1.07 bits per heavy atom. The van der Waals surface area contributed by atoms with Crippen molar-refractivity contribution in [1.29, 1.82) is 0 Å². The number of phosphoric acid groups is 1. The van der Waals surface area contributed by atoms with E-state index in [-0.39, 0.29) is 19.1 Å². The van der Waals surface area contributed by atoms with Crippen LogP contribution < -0.4 is 5.32 Å². The van der Waals surface area contributed by atoms with Crippen molar-refractivity contribution in [3.8, 4) is 0 Å². The topological polar surface area (TPSA) is 105 Å². The second-order valence-electron chi connectivity index (χ2n) is 23.5. The molecule has 0 heterocycles. The first-order valence-electron chi connectivity index (χ1n) is 32.5. The number of quaternary nitrogens is 1. The van der Waals surface area contributed by atoms with Crippen molar-refractivity contribution >= 4 is 13.7 Å². The van der Waals surface area contributed by atoms with Crippen LogP contribution in [0.5, 0.6) is 0 Å². The molecule has 3 unspecified atom stereocenters. The van der Waals surface area contributed by atoms with Crippen LogP contribution in [0, 0.1) is 0 Å². The van der Waals surface area contributed by atoms with Gasteiger partial charge in [-0.2, -0.15) is 0 Å². The first-order valence-corrected chi connectivity index (χ1v) is 34.0. The van der Waals surface area contributed by atoms with Gasteiger partial charge in [-0.15, -0.1) is 0 Å². The summed E-state index contributed by atoms with van der Waals surface area (Å²) in [5, 5.41) is 13.9. The van der Waals surface area contributed by atoms with E-state index in [1.807, 2.05) is 27.2 Å². The molecular formula is C66H128N2O6P+. The van der Waals surface area contributed by atoms with E-state index in [1.165, 1.54) is 250 Å². The van der Waals surface area contributed by atoms with Gasteiger partial charge in [-0.1, -0.05) is 287 Å². The molecule has 0 saturated heterocycles. The Morgan fingerprint density at radius 1 is 0.440 bits per heavy atom. The molecule has 0 aromatic rings. The lowest BCUT2D eigenvalue weighted by Crippen LogP contribution is -2.45. The van der Waals surface area contributed by atoms with Gasteiger partial charge < -0.3 is 19.8 Å². The number of hydrogen-bond donors (Lipinski definition) is 3. The maximum absolute atomic E-state index is 13.0. The minimum atomic E-state index is -4.36. The van der Waals surface area contributed by atoms with Gasteiger partial charge in [-0.25, -0.2) is 4.57 Å². The zero-order valence-electron chi connectivity index (χ0n) is 50.6. The van der Waals surface area contributed by atoms with Gasteiger partial charge in [0.1, 0.15) is 13.2 Å². The highest BCUT2D eigenvalue weighted by Crippen LogP contribution is 2.43. The number of aliphatic hydroxyl groups excluding tert-OH is 1. The van der Waals surface area contributed by atoms with Crippen LogP contribution in [0.3, 0.4) is 0 Å². The lowest BCUT2D eigenvalue weighted by molar-refractivity contribution is -0.870. The van der Waals surface area contributed by atoms with Gasteiger partial charge >= 0.3 is 7.82 Å². The lowest BCUT2D eigenvalue weighted by atomic mass is 10.0. The number of unbranched alkanes of at least 4 members (excludes halogenated alkanes) is 41. The monoisotopic (exact) mass is 1080 g/mol. The van der Waals surface area contributed by atoms with E-state index in [1.54, 1.807) is 6.08 Å². The van der Waals surface area contributed by atoms with E-state index in [9.17, 15) is 19.4 Å². The van der Waals surface area contributed by atoms with Crippen LogP contribution in [0.4, 0.5) is 0 Å². The highest BCUT2D eigenvalue weighted by atomic mass is 31.2. The molecule has 0 aliphatic carbocycles. The molecule has 3 N–H and O–H groups in total. The third-order valence-corrected chi connectivity index (χ3v) is 15.7. The van der Waals surface area contributed by atoms with E-state index in [4.69, 9.17) is 9.05 Å². The SMILES string of the molecule is CCCCCCCCCC/C=C\CCCCCCCCCCCCCCCCCCCCCCCCCC(=O)NC(COP(=O)(O)OCC[N+](C)(C)C)C(O)/C=C/CC/C=C/CC/C=C/CCCCCCCCCC. The van der Waals surface area contributed by atoms with Gasteiger partial charge in [0.15, 0.2) is 0 Å². The minimum absolute atomic E-state index is 0.0543. The first kappa shape index (κ1) is 73.5. The number of hydrogen-bond acceptors (Lipinski definition) is 5. The molecule has 0 aliphatic heterocycles. The second kappa shape index (κ2) is 57.2. The molecular weight excluding hydrogens is 948 g/mol. The number of nitrogens with zero attached hydrogens (tertiary/aromatic N) is 1. The van der Waals surface area contributed by atoms with Crippen LogP contribution in [0.15, 0.2) is 48.6 Å². The summed E-state index contributed by atoms with van der Waals surface area (Å²) >= 11 is 0. The van der Waals surface area contributed by atoms with Crippen LogP contribution in [-0.2, 0) is 18.4 Å². The number of aliphatic hydroxyl groups is 1. The predicted molar refractivity (Wildman–Crippen MR) is 327 cm³/mol. The molecule has 9 heteroatoms. The van der Waals surface area contributed by atoms with Gasteiger partial charge in [0.25, 0.3) is 0 Å². The minimum Gasteiger partial charge on any atom is -0.387 e. The molecule has 0 spiro atoms. The second-order valence-corrected chi connectivity index (χ2v) is 24.9. The van der Waals surface area contributed by atoms with Crippen LogP contribution >= 0.6 is 7.82 Å². The quantitative estimate of drug-likeness (QED) is 0.0243. The van der Waals surface area contributed by atoms with Crippen molar-refractivity contribution in [2.45, 2.75) is 328 Å². The Morgan fingerprint density at radius 2 is 0.733 bits per heavy atom. The summed E-state index contributed by atoms with van der Waals surface area (Å²) in [5.41, 5.74) is 0. The molecule has 0 aromatic heterocycles. The Kier molecular flexibility index (Phi) is 56.0. The van der Waals surface area contributed by atoms with E-state index in [0.717, 1.165) is 44.9 Å². The highest BCUT2D eigenvalue weighted by molar-refractivity contribution is 7.47. The number of carbonyl (C=O) groups is 1. The van der Waals surface area contributed by atoms with Gasteiger partial charge in [-0.05, 0) is 70.6 Å². The lowest BCUT2D eigenvalue weighted by Gasteiger charge is -2.25. The maximum Gasteiger partial charge on any atom is 0.472 e. The van der Waals surface area contributed by atoms with E-state index < -0.39 is 20.0 Å². The Balaban J connectivity index is 4.02. The number of allylic oxidation sites excluding steroid dienone is 7. The molecule has 442 valence electrons. The summed E-state index contributed by atoms with van der Waals surface area (Å²) in [7, 11) is 1.56. The summed E-state index contributed by atoms with van der Waals surface area (Å²) in [5.74, 6) is -0.186. The molecule has 3 atom stereocenters. The van der Waals surface area contributed by atoms with Gasteiger partial charge in [0, 0.05) is 6.42 Å². The normalized spacial score (nSPS) is 14.1.